The minimum absolute atomic E-state index is 0.0485. The van der Waals surface area contributed by atoms with Gasteiger partial charge in [-0.3, -0.25) is 4.79 Å². The summed E-state index contributed by atoms with van der Waals surface area (Å²) in [6, 6.07) is 21.0. The zero-order valence-corrected chi connectivity index (χ0v) is 17.0. The zero-order chi connectivity index (χ0) is 19.5. The van der Waals surface area contributed by atoms with E-state index in [0.29, 0.717) is 16.1 Å². The van der Waals surface area contributed by atoms with E-state index in [1.54, 1.807) is 12.1 Å². The molecule has 3 nitrogen and oxygen atoms in total. The van der Waals surface area contributed by atoms with Crippen LogP contribution in [0.2, 0.25) is 5.02 Å². The molecule has 5 heteroatoms. The number of rotatable bonds is 5. The largest absolute Gasteiger partial charge is 0.493 e. The summed E-state index contributed by atoms with van der Waals surface area (Å²) in [7, 11) is -0.354. The summed E-state index contributed by atoms with van der Waals surface area (Å²) in [6.07, 6.45) is 0.933. The highest BCUT2D eigenvalue weighted by Crippen LogP contribution is 2.35. The third kappa shape index (κ3) is 3.84. The second kappa shape index (κ2) is 8.21. The molecule has 0 aromatic heterocycles. The lowest BCUT2D eigenvalue weighted by atomic mass is 10.0. The second-order valence-corrected chi connectivity index (χ2v) is 8.69. The van der Waals surface area contributed by atoms with E-state index in [4.69, 9.17) is 16.3 Å². The van der Waals surface area contributed by atoms with Gasteiger partial charge in [0.15, 0.2) is 5.78 Å². The van der Waals surface area contributed by atoms with Crippen LogP contribution < -0.4 is 9.46 Å². The van der Waals surface area contributed by atoms with Crippen molar-refractivity contribution in [2.45, 2.75) is 18.2 Å². The smallest absolute Gasteiger partial charge is 0.195 e. The van der Waals surface area contributed by atoms with Crippen molar-refractivity contribution in [1.82, 2.24) is 0 Å². The Morgan fingerprint density at radius 2 is 1.93 bits per heavy atom. The molecule has 1 unspecified atom stereocenters. The van der Waals surface area contributed by atoms with E-state index in [2.05, 4.69) is 22.2 Å². The predicted octanol–water partition coefficient (Wildman–Crippen LogP) is 5.98. The summed E-state index contributed by atoms with van der Waals surface area (Å²) in [5.41, 5.74) is 3.22. The Morgan fingerprint density at radius 1 is 1.11 bits per heavy atom. The Hall–Kier alpha value is -2.56. The van der Waals surface area contributed by atoms with E-state index >= 15 is 0 Å². The maximum atomic E-state index is 13.1. The van der Waals surface area contributed by atoms with Gasteiger partial charge in [-0.05, 0) is 54.3 Å². The van der Waals surface area contributed by atoms with Gasteiger partial charge in [-0.1, -0.05) is 52.6 Å². The van der Waals surface area contributed by atoms with Gasteiger partial charge in [-0.15, -0.1) is 0 Å². The normalized spacial score (nSPS) is 13.6. The fourth-order valence-electron chi connectivity index (χ4n) is 3.21. The Morgan fingerprint density at radius 3 is 2.71 bits per heavy atom. The Balaban J connectivity index is 1.68. The van der Waals surface area contributed by atoms with E-state index in [1.807, 2.05) is 49.4 Å². The summed E-state index contributed by atoms with van der Waals surface area (Å²) in [6.45, 7) is 2.76. The molecule has 1 aliphatic heterocycles. The third-order valence-corrected chi connectivity index (χ3v) is 6.54. The van der Waals surface area contributed by atoms with Crippen molar-refractivity contribution in [3.05, 3.63) is 88.4 Å². The highest BCUT2D eigenvalue weighted by Gasteiger charge is 2.17. The number of ether oxygens (including phenoxy) is 1. The molecule has 0 saturated heterocycles. The molecule has 0 amide bonds. The van der Waals surface area contributed by atoms with Crippen LogP contribution >= 0.6 is 22.3 Å². The summed E-state index contributed by atoms with van der Waals surface area (Å²) in [4.78, 5) is 14.2. The number of hydrogen-bond donors (Lipinski definition) is 1. The maximum Gasteiger partial charge on any atom is 0.195 e. The standard InChI is InChI=1S/C23H20ClNO2S/c1-2-28(19-9-11-22-17(14-19)12-13-27-22)25-21-10-8-18(24)15-20(21)23(26)16-6-4-3-5-7-16/h2-11,14-15,25H,12-13H2,1H3. The highest BCUT2D eigenvalue weighted by atomic mass is 35.5. The van der Waals surface area contributed by atoms with Crippen molar-refractivity contribution >= 4 is 39.1 Å². The monoisotopic (exact) mass is 409 g/mol. The number of nitrogens with one attached hydrogen (secondary N) is 1. The summed E-state index contributed by atoms with van der Waals surface area (Å²) >= 11 is 6.20. The molecule has 3 aromatic carbocycles. The first kappa shape index (κ1) is 18.8. The van der Waals surface area contributed by atoms with Crippen molar-refractivity contribution < 1.29 is 9.53 Å². The van der Waals surface area contributed by atoms with E-state index in [0.717, 1.165) is 24.5 Å². The van der Waals surface area contributed by atoms with E-state index in [1.165, 1.54) is 10.5 Å². The molecule has 3 aromatic rings. The van der Waals surface area contributed by atoms with Gasteiger partial charge in [0.1, 0.15) is 5.75 Å². The highest BCUT2D eigenvalue weighted by molar-refractivity contribution is 8.16. The van der Waals surface area contributed by atoms with Crippen molar-refractivity contribution in [3.63, 3.8) is 0 Å². The van der Waals surface area contributed by atoms with Gasteiger partial charge in [-0.2, -0.15) is 0 Å². The molecule has 0 radical (unpaired) electrons. The first-order chi connectivity index (χ1) is 13.7. The van der Waals surface area contributed by atoms with E-state index in [-0.39, 0.29) is 16.5 Å². The SMILES string of the molecule is C/C=S(/Nc1ccc(Cl)cc1C(=O)c1ccccc1)c1ccc2c(c1)CCO2. The van der Waals surface area contributed by atoms with Crippen LogP contribution in [0.1, 0.15) is 28.4 Å². The summed E-state index contributed by atoms with van der Waals surface area (Å²) < 4.78 is 9.15. The lowest BCUT2D eigenvalue weighted by Gasteiger charge is -2.16. The van der Waals surface area contributed by atoms with Crippen molar-refractivity contribution in [2.24, 2.45) is 0 Å². The van der Waals surface area contributed by atoms with Gasteiger partial charge in [0.25, 0.3) is 0 Å². The van der Waals surface area contributed by atoms with Crippen LogP contribution in [0.15, 0.2) is 71.6 Å². The number of anilines is 1. The molecule has 0 bridgehead atoms. The quantitative estimate of drug-likeness (QED) is 0.416. The van der Waals surface area contributed by atoms with Crippen molar-refractivity contribution in [1.29, 1.82) is 0 Å². The predicted molar refractivity (Wildman–Crippen MR) is 118 cm³/mol. The van der Waals surface area contributed by atoms with Crippen LogP contribution in [-0.4, -0.2) is 17.8 Å². The van der Waals surface area contributed by atoms with Gasteiger partial charge < -0.3 is 9.46 Å². The number of hydrogen-bond acceptors (Lipinski definition) is 3. The number of fused-ring (bicyclic) bond motifs is 1. The number of benzene rings is 3. The molecule has 1 N–H and O–H groups in total. The number of carbonyl (C=O) groups excluding carboxylic acids is 1. The average Bonchev–Trinajstić information content (AvgIpc) is 3.21. The molecule has 4 rings (SSSR count). The molecule has 142 valence electrons. The van der Waals surface area contributed by atoms with Gasteiger partial charge in [0.2, 0.25) is 0 Å². The molecule has 0 saturated carbocycles. The Labute approximate surface area is 172 Å². The van der Waals surface area contributed by atoms with Crippen LogP contribution in [0.3, 0.4) is 0 Å². The summed E-state index contributed by atoms with van der Waals surface area (Å²) in [5.74, 6) is 0.919. The maximum absolute atomic E-state index is 13.1. The van der Waals surface area contributed by atoms with Gasteiger partial charge in [0.05, 0.1) is 12.3 Å². The first-order valence-electron chi connectivity index (χ1n) is 9.10. The molecule has 0 aliphatic carbocycles. The molecular formula is C23H20ClNO2S. The second-order valence-electron chi connectivity index (χ2n) is 6.43. The fourth-order valence-corrected chi connectivity index (χ4v) is 4.79. The van der Waals surface area contributed by atoms with Crippen molar-refractivity contribution in [3.8, 4) is 5.75 Å². The molecular weight excluding hydrogens is 390 g/mol. The van der Waals surface area contributed by atoms with E-state index in [9.17, 15) is 4.79 Å². The van der Waals surface area contributed by atoms with Gasteiger partial charge in [-0.25, -0.2) is 0 Å². The summed E-state index contributed by atoms with van der Waals surface area (Å²) in [5, 5.41) is 2.66. The molecule has 1 atom stereocenters. The van der Waals surface area contributed by atoms with Crippen molar-refractivity contribution in [2.75, 3.05) is 11.3 Å². The number of carbonyl (C=O) groups is 1. The fraction of sp³-hybridized carbons (Fsp3) is 0.130. The van der Waals surface area contributed by atoms with Crippen LogP contribution in [0.4, 0.5) is 5.69 Å². The van der Waals surface area contributed by atoms with Crippen LogP contribution in [0, 0.1) is 0 Å². The zero-order valence-electron chi connectivity index (χ0n) is 15.4. The topological polar surface area (TPSA) is 38.3 Å². The molecule has 1 heterocycles. The van der Waals surface area contributed by atoms with E-state index < -0.39 is 0 Å². The average molecular weight is 410 g/mol. The van der Waals surface area contributed by atoms with Crippen LogP contribution in [0.5, 0.6) is 5.75 Å². The van der Waals surface area contributed by atoms with Gasteiger partial charge in [0, 0.05) is 27.5 Å². The third-order valence-electron chi connectivity index (χ3n) is 4.63. The van der Waals surface area contributed by atoms with Crippen LogP contribution in [-0.2, 0) is 6.42 Å². The first-order valence-corrected chi connectivity index (χ1v) is 10.8. The lowest BCUT2D eigenvalue weighted by molar-refractivity contribution is 0.103. The molecule has 0 spiro atoms. The van der Waals surface area contributed by atoms with Crippen LogP contribution in [0.25, 0.3) is 0 Å². The lowest BCUT2D eigenvalue weighted by Crippen LogP contribution is -2.06. The molecule has 0 fully saturated rings. The minimum Gasteiger partial charge on any atom is -0.493 e. The number of ketones is 1. The molecule has 1 aliphatic rings. The minimum atomic E-state index is -0.354. The van der Waals surface area contributed by atoms with Gasteiger partial charge >= 0.3 is 0 Å². The molecule has 28 heavy (non-hydrogen) atoms. The number of halogens is 1. The Kier molecular flexibility index (Phi) is 5.51. The Bertz CT molecular complexity index is 1060.